The molecule has 0 spiro atoms. The average molecular weight is 295 g/mol. The molecule has 6 heteroatoms. The third-order valence-electron chi connectivity index (χ3n) is 2.77. The Morgan fingerprint density at radius 3 is 2.71 bits per heavy atom. The number of carbonyl (C=O) groups is 2. The Morgan fingerprint density at radius 1 is 1.43 bits per heavy atom. The van der Waals surface area contributed by atoms with E-state index in [4.69, 9.17) is 9.84 Å². The van der Waals surface area contributed by atoms with Crippen LogP contribution >= 0.6 is 0 Å². The normalized spacial score (nSPS) is 10.8. The van der Waals surface area contributed by atoms with Crippen molar-refractivity contribution in [3.8, 4) is 0 Å². The molecule has 0 aliphatic carbocycles. The highest BCUT2D eigenvalue weighted by Gasteiger charge is 2.13. The minimum atomic E-state index is -1.16. The first-order chi connectivity index (χ1) is 9.95. The molecule has 0 saturated heterocycles. The molecule has 21 heavy (non-hydrogen) atoms. The van der Waals surface area contributed by atoms with Crippen molar-refractivity contribution in [2.45, 2.75) is 6.92 Å². The molecule has 1 N–H and O–H groups in total. The molecule has 0 unspecified atom stereocenters. The minimum absolute atomic E-state index is 0.117. The van der Waals surface area contributed by atoms with E-state index in [-0.39, 0.29) is 17.0 Å². The molecule has 1 amide bonds. The van der Waals surface area contributed by atoms with Crippen LogP contribution in [0, 0.1) is 5.82 Å². The predicted molar refractivity (Wildman–Crippen MR) is 76.5 cm³/mol. The molecule has 0 radical (unpaired) electrons. The van der Waals surface area contributed by atoms with E-state index in [9.17, 15) is 14.0 Å². The van der Waals surface area contributed by atoms with Gasteiger partial charge in [-0.15, -0.1) is 0 Å². The second kappa shape index (κ2) is 8.16. The van der Waals surface area contributed by atoms with E-state index < -0.39 is 11.8 Å². The first-order valence-corrected chi connectivity index (χ1v) is 6.49. The van der Waals surface area contributed by atoms with Crippen LogP contribution in [0.3, 0.4) is 0 Å². The summed E-state index contributed by atoms with van der Waals surface area (Å²) in [7, 11) is 1.61. The van der Waals surface area contributed by atoms with Crippen molar-refractivity contribution in [2.24, 2.45) is 0 Å². The first-order valence-electron chi connectivity index (χ1n) is 6.49. The van der Waals surface area contributed by atoms with Crippen LogP contribution in [-0.4, -0.2) is 48.7 Å². The summed E-state index contributed by atoms with van der Waals surface area (Å²) in [6.45, 7) is 3.26. The summed E-state index contributed by atoms with van der Waals surface area (Å²) in [6, 6.07) is 3.93. The van der Waals surface area contributed by atoms with Crippen molar-refractivity contribution >= 4 is 18.0 Å². The smallest absolute Gasteiger partial charge is 0.328 e. The van der Waals surface area contributed by atoms with Gasteiger partial charge in [-0.1, -0.05) is 6.07 Å². The number of carboxylic acid groups (broad SMARTS) is 1. The number of rotatable bonds is 7. The zero-order chi connectivity index (χ0) is 15.8. The SMILES string of the molecule is CCOCCN(C)C(=O)c1ccc(/C=C/C(=O)O)c(F)c1. The molecule has 1 rings (SSSR count). The molecule has 0 bridgehead atoms. The molecule has 1 aromatic carbocycles. The van der Waals surface area contributed by atoms with Crippen molar-refractivity contribution in [2.75, 3.05) is 26.8 Å². The fraction of sp³-hybridized carbons (Fsp3) is 0.333. The van der Waals surface area contributed by atoms with Crippen LogP contribution in [0.15, 0.2) is 24.3 Å². The van der Waals surface area contributed by atoms with Gasteiger partial charge < -0.3 is 14.7 Å². The second-order valence-corrected chi connectivity index (χ2v) is 4.33. The van der Waals surface area contributed by atoms with Gasteiger partial charge in [0.25, 0.3) is 5.91 Å². The van der Waals surface area contributed by atoms with E-state index >= 15 is 0 Å². The number of carbonyl (C=O) groups excluding carboxylic acids is 1. The van der Waals surface area contributed by atoms with Crippen LogP contribution in [0.2, 0.25) is 0 Å². The molecular formula is C15H18FNO4. The number of ether oxygens (including phenoxy) is 1. The standard InChI is InChI=1S/C15H18FNO4/c1-3-21-9-8-17(2)15(20)12-5-4-11(13(16)10-12)6-7-14(18)19/h4-7,10H,3,8-9H2,1-2H3,(H,18,19)/b7-6+. The minimum Gasteiger partial charge on any atom is -0.478 e. The van der Waals surface area contributed by atoms with Crippen LogP contribution < -0.4 is 0 Å². The lowest BCUT2D eigenvalue weighted by Gasteiger charge is -2.17. The zero-order valence-corrected chi connectivity index (χ0v) is 12.0. The van der Waals surface area contributed by atoms with Gasteiger partial charge in [0.05, 0.1) is 6.61 Å². The number of carboxylic acids is 1. The van der Waals surface area contributed by atoms with Gasteiger partial charge in [0, 0.05) is 37.4 Å². The summed E-state index contributed by atoms with van der Waals surface area (Å²) in [5.74, 6) is -2.12. The largest absolute Gasteiger partial charge is 0.478 e. The Bertz CT molecular complexity index is 542. The van der Waals surface area contributed by atoms with E-state index in [1.165, 1.54) is 17.0 Å². The van der Waals surface area contributed by atoms with Gasteiger partial charge in [0.1, 0.15) is 5.82 Å². The Hall–Kier alpha value is -2.21. The average Bonchev–Trinajstić information content (AvgIpc) is 2.45. The molecule has 0 atom stereocenters. The molecule has 1 aromatic rings. The molecule has 5 nitrogen and oxygen atoms in total. The van der Waals surface area contributed by atoms with Crippen LogP contribution in [0.5, 0.6) is 0 Å². The monoisotopic (exact) mass is 295 g/mol. The number of likely N-dealkylation sites (N-methyl/N-ethyl adjacent to an activating group) is 1. The van der Waals surface area contributed by atoms with Gasteiger partial charge in [-0.25, -0.2) is 9.18 Å². The third-order valence-corrected chi connectivity index (χ3v) is 2.77. The van der Waals surface area contributed by atoms with E-state index in [0.717, 1.165) is 18.2 Å². The van der Waals surface area contributed by atoms with E-state index in [2.05, 4.69) is 0 Å². The van der Waals surface area contributed by atoms with E-state index in [1.807, 2.05) is 6.92 Å². The lowest BCUT2D eigenvalue weighted by Crippen LogP contribution is -2.30. The number of amides is 1. The van der Waals surface area contributed by atoms with Crippen molar-refractivity contribution in [3.63, 3.8) is 0 Å². The highest BCUT2D eigenvalue weighted by atomic mass is 19.1. The molecular weight excluding hydrogens is 277 g/mol. The maximum atomic E-state index is 13.8. The highest BCUT2D eigenvalue weighted by Crippen LogP contribution is 2.13. The first kappa shape index (κ1) is 16.8. The Morgan fingerprint density at radius 2 is 2.14 bits per heavy atom. The van der Waals surface area contributed by atoms with Crippen molar-refractivity contribution in [1.29, 1.82) is 0 Å². The van der Waals surface area contributed by atoms with E-state index in [0.29, 0.717) is 19.8 Å². The lowest BCUT2D eigenvalue weighted by atomic mass is 10.1. The summed E-state index contributed by atoms with van der Waals surface area (Å²) in [5, 5.41) is 8.50. The van der Waals surface area contributed by atoms with Gasteiger partial charge in [0.15, 0.2) is 0 Å². The van der Waals surface area contributed by atoms with Crippen molar-refractivity contribution < 1.29 is 23.8 Å². The van der Waals surface area contributed by atoms with Gasteiger partial charge in [-0.2, -0.15) is 0 Å². The van der Waals surface area contributed by atoms with Crippen LogP contribution in [-0.2, 0) is 9.53 Å². The topological polar surface area (TPSA) is 66.8 Å². The van der Waals surface area contributed by atoms with Gasteiger partial charge >= 0.3 is 5.97 Å². The summed E-state index contributed by atoms with van der Waals surface area (Å²) < 4.78 is 18.9. The number of benzene rings is 1. The number of nitrogens with zero attached hydrogens (tertiary/aromatic N) is 1. The molecule has 114 valence electrons. The summed E-state index contributed by atoms with van der Waals surface area (Å²) in [4.78, 5) is 23.9. The second-order valence-electron chi connectivity index (χ2n) is 4.33. The summed E-state index contributed by atoms with van der Waals surface area (Å²) >= 11 is 0. The van der Waals surface area contributed by atoms with Gasteiger partial charge in [-0.05, 0) is 25.1 Å². The Labute approximate surface area is 122 Å². The fourth-order valence-corrected chi connectivity index (χ4v) is 1.62. The number of aliphatic carboxylic acids is 1. The molecule has 0 fully saturated rings. The Balaban J connectivity index is 2.78. The number of hydrogen-bond donors (Lipinski definition) is 1. The molecule has 0 aliphatic heterocycles. The zero-order valence-electron chi connectivity index (χ0n) is 12.0. The van der Waals surface area contributed by atoms with Crippen LogP contribution in [0.4, 0.5) is 4.39 Å². The molecule has 0 heterocycles. The van der Waals surface area contributed by atoms with Crippen molar-refractivity contribution in [3.05, 3.63) is 41.2 Å². The lowest BCUT2D eigenvalue weighted by molar-refractivity contribution is -0.131. The predicted octanol–water partition coefficient (Wildman–Crippen LogP) is 2.03. The Kier molecular flexibility index (Phi) is 6.55. The van der Waals surface area contributed by atoms with Gasteiger partial charge in [-0.3, -0.25) is 4.79 Å². The summed E-state index contributed by atoms with van der Waals surface area (Å²) in [6.07, 6.45) is 1.98. The summed E-state index contributed by atoms with van der Waals surface area (Å²) in [5.41, 5.74) is 0.324. The number of halogens is 1. The molecule has 0 aliphatic rings. The van der Waals surface area contributed by atoms with Crippen LogP contribution in [0.25, 0.3) is 6.08 Å². The quantitative estimate of drug-likeness (QED) is 0.617. The van der Waals surface area contributed by atoms with Crippen LogP contribution in [0.1, 0.15) is 22.8 Å². The fourth-order valence-electron chi connectivity index (χ4n) is 1.62. The molecule has 0 aromatic heterocycles. The molecule has 0 saturated carbocycles. The maximum Gasteiger partial charge on any atom is 0.328 e. The highest BCUT2D eigenvalue weighted by molar-refractivity contribution is 5.94. The third kappa shape index (κ3) is 5.35. The van der Waals surface area contributed by atoms with Crippen molar-refractivity contribution in [1.82, 2.24) is 4.90 Å². The van der Waals surface area contributed by atoms with Gasteiger partial charge in [0.2, 0.25) is 0 Å². The van der Waals surface area contributed by atoms with E-state index in [1.54, 1.807) is 7.05 Å². The number of hydrogen-bond acceptors (Lipinski definition) is 3. The maximum absolute atomic E-state index is 13.8.